The van der Waals surface area contributed by atoms with Gasteiger partial charge in [0.05, 0.1) is 29.1 Å². The molecule has 0 atom stereocenters. The van der Waals surface area contributed by atoms with E-state index in [2.05, 4.69) is 9.97 Å². The van der Waals surface area contributed by atoms with Gasteiger partial charge in [0.25, 0.3) is 0 Å². The Labute approximate surface area is 132 Å². The Balaban J connectivity index is 1.71. The summed E-state index contributed by atoms with van der Waals surface area (Å²) in [4.78, 5) is 19.9. The molecule has 0 fully saturated rings. The second kappa shape index (κ2) is 6.27. The molecule has 0 spiro atoms. The predicted octanol–water partition coefficient (Wildman–Crippen LogP) is 3.28. The summed E-state index contributed by atoms with van der Waals surface area (Å²) in [5.41, 5.74) is 2.50. The lowest BCUT2D eigenvalue weighted by Crippen LogP contribution is -2.07. The van der Waals surface area contributed by atoms with Crippen molar-refractivity contribution in [3.63, 3.8) is 0 Å². The summed E-state index contributed by atoms with van der Waals surface area (Å²) in [5.74, 6) is 1.26. The number of benzene rings is 1. The molecule has 0 saturated carbocycles. The first kappa shape index (κ1) is 14.7. The molecule has 5 nitrogen and oxygen atoms in total. The zero-order valence-corrected chi connectivity index (χ0v) is 13.3. The molecule has 22 heavy (non-hydrogen) atoms. The molecular weight excluding hydrogens is 298 g/mol. The number of carbonyl (C=O) groups is 1. The van der Waals surface area contributed by atoms with Gasteiger partial charge in [-0.3, -0.25) is 4.79 Å². The third kappa shape index (κ3) is 3.01. The molecule has 0 aliphatic rings. The SMILES string of the molecule is CCOc1ccc2nc(SCC(=O)c3cccn3C)[nH]c2c1. The smallest absolute Gasteiger partial charge is 0.189 e. The number of nitrogens with zero attached hydrogens (tertiary/aromatic N) is 2. The van der Waals surface area contributed by atoms with E-state index >= 15 is 0 Å². The van der Waals surface area contributed by atoms with E-state index in [-0.39, 0.29) is 5.78 Å². The summed E-state index contributed by atoms with van der Waals surface area (Å²) in [5, 5.41) is 0.742. The Morgan fingerprint density at radius 1 is 1.41 bits per heavy atom. The van der Waals surface area contributed by atoms with Gasteiger partial charge >= 0.3 is 0 Å². The summed E-state index contributed by atoms with van der Waals surface area (Å²) >= 11 is 1.41. The van der Waals surface area contributed by atoms with Gasteiger partial charge in [-0.1, -0.05) is 11.8 Å². The Morgan fingerprint density at radius 2 is 2.27 bits per heavy atom. The maximum Gasteiger partial charge on any atom is 0.189 e. The number of aromatic nitrogens is 3. The molecule has 2 aromatic heterocycles. The number of aryl methyl sites for hydroxylation is 1. The van der Waals surface area contributed by atoms with Crippen molar-refractivity contribution < 1.29 is 9.53 Å². The fourth-order valence-corrected chi connectivity index (χ4v) is 3.01. The minimum Gasteiger partial charge on any atom is -0.494 e. The maximum absolute atomic E-state index is 12.2. The summed E-state index contributed by atoms with van der Waals surface area (Å²) in [6, 6.07) is 9.44. The van der Waals surface area contributed by atoms with Crippen LogP contribution in [0.5, 0.6) is 5.75 Å². The number of ketones is 1. The number of aromatic amines is 1. The lowest BCUT2D eigenvalue weighted by atomic mass is 10.3. The molecule has 0 radical (unpaired) electrons. The first-order valence-corrected chi connectivity index (χ1v) is 8.06. The fourth-order valence-electron chi connectivity index (χ4n) is 2.25. The molecule has 3 aromatic rings. The maximum atomic E-state index is 12.2. The molecule has 0 aliphatic heterocycles. The number of hydrogen-bond donors (Lipinski definition) is 1. The van der Waals surface area contributed by atoms with Crippen molar-refractivity contribution in [2.75, 3.05) is 12.4 Å². The van der Waals surface area contributed by atoms with Crippen LogP contribution < -0.4 is 4.74 Å². The molecule has 0 bridgehead atoms. The van der Waals surface area contributed by atoms with Crippen LogP contribution in [0.15, 0.2) is 41.7 Å². The van der Waals surface area contributed by atoms with Crippen molar-refractivity contribution in [2.24, 2.45) is 7.05 Å². The van der Waals surface area contributed by atoms with E-state index in [1.807, 2.05) is 55.1 Å². The van der Waals surface area contributed by atoms with Gasteiger partial charge in [-0.15, -0.1) is 0 Å². The standard InChI is InChI=1S/C16H17N3O2S/c1-3-21-11-6-7-12-13(9-11)18-16(17-12)22-10-15(20)14-5-4-8-19(14)2/h4-9H,3,10H2,1-2H3,(H,17,18). The van der Waals surface area contributed by atoms with Crippen molar-refractivity contribution in [2.45, 2.75) is 12.1 Å². The molecule has 6 heteroatoms. The van der Waals surface area contributed by atoms with E-state index in [9.17, 15) is 4.79 Å². The topological polar surface area (TPSA) is 59.9 Å². The molecule has 0 unspecified atom stereocenters. The average Bonchev–Trinajstić information content (AvgIpc) is 3.10. The molecule has 0 saturated heterocycles. The highest BCUT2D eigenvalue weighted by atomic mass is 32.2. The number of ether oxygens (including phenoxy) is 1. The van der Waals surface area contributed by atoms with Crippen molar-refractivity contribution in [1.82, 2.24) is 14.5 Å². The molecular formula is C16H17N3O2S. The number of rotatable bonds is 6. The molecule has 1 N–H and O–H groups in total. The Bertz CT molecular complexity index is 807. The number of carbonyl (C=O) groups excluding carboxylic acids is 1. The summed E-state index contributed by atoms with van der Waals surface area (Å²) in [7, 11) is 1.87. The number of Topliss-reactive ketones (excluding diaryl/α,β-unsaturated/α-hetero) is 1. The second-order valence-corrected chi connectivity index (χ2v) is 5.83. The van der Waals surface area contributed by atoms with Crippen molar-refractivity contribution in [3.05, 3.63) is 42.2 Å². The van der Waals surface area contributed by atoms with Crippen molar-refractivity contribution >= 4 is 28.6 Å². The fraction of sp³-hybridized carbons (Fsp3) is 0.250. The van der Waals surface area contributed by atoms with Crippen LogP contribution in [0.1, 0.15) is 17.4 Å². The molecule has 114 valence electrons. The second-order valence-electron chi connectivity index (χ2n) is 4.87. The summed E-state index contributed by atoms with van der Waals surface area (Å²) < 4.78 is 7.30. The lowest BCUT2D eigenvalue weighted by molar-refractivity contribution is 0.101. The highest BCUT2D eigenvalue weighted by molar-refractivity contribution is 7.99. The van der Waals surface area contributed by atoms with Gasteiger partial charge in [0, 0.05) is 19.3 Å². The van der Waals surface area contributed by atoms with Crippen LogP contribution in [0, 0.1) is 0 Å². The van der Waals surface area contributed by atoms with Crippen LogP contribution >= 0.6 is 11.8 Å². The van der Waals surface area contributed by atoms with E-state index in [4.69, 9.17) is 4.74 Å². The number of H-pyrrole nitrogens is 1. The van der Waals surface area contributed by atoms with Gasteiger partial charge in [0.2, 0.25) is 0 Å². The zero-order valence-electron chi connectivity index (χ0n) is 12.5. The number of hydrogen-bond acceptors (Lipinski definition) is 4. The van der Waals surface area contributed by atoms with Crippen LogP contribution in [0.2, 0.25) is 0 Å². The minimum absolute atomic E-state index is 0.0907. The zero-order chi connectivity index (χ0) is 15.5. The monoisotopic (exact) mass is 315 g/mol. The molecule has 2 heterocycles. The predicted molar refractivity (Wildman–Crippen MR) is 87.7 cm³/mol. The Morgan fingerprint density at radius 3 is 3.00 bits per heavy atom. The summed E-state index contributed by atoms with van der Waals surface area (Å²) in [6.07, 6.45) is 1.87. The van der Waals surface area contributed by atoms with Gasteiger partial charge in [-0.05, 0) is 31.2 Å². The highest BCUT2D eigenvalue weighted by Gasteiger charge is 2.11. The number of imidazole rings is 1. The van der Waals surface area contributed by atoms with E-state index in [0.29, 0.717) is 18.1 Å². The van der Waals surface area contributed by atoms with Crippen LogP contribution in [-0.4, -0.2) is 32.7 Å². The van der Waals surface area contributed by atoms with E-state index in [1.165, 1.54) is 11.8 Å². The third-order valence-corrected chi connectivity index (χ3v) is 4.19. The van der Waals surface area contributed by atoms with Crippen LogP contribution in [0.3, 0.4) is 0 Å². The van der Waals surface area contributed by atoms with E-state index in [0.717, 1.165) is 21.9 Å². The van der Waals surface area contributed by atoms with Gasteiger partial charge < -0.3 is 14.3 Å². The quantitative estimate of drug-likeness (QED) is 0.560. The van der Waals surface area contributed by atoms with E-state index in [1.54, 1.807) is 0 Å². The average molecular weight is 315 g/mol. The number of thioether (sulfide) groups is 1. The van der Waals surface area contributed by atoms with Crippen molar-refractivity contribution in [3.8, 4) is 5.75 Å². The number of fused-ring (bicyclic) bond motifs is 1. The first-order chi connectivity index (χ1) is 10.7. The lowest BCUT2D eigenvalue weighted by Gasteiger charge is -2.01. The Hall–Kier alpha value is -2.21. The van der Waals surface area contributed by atoms with Crippen LogP contribution in [0.25, 0.3) is 11.0 Å². The minimum atomic E-state index is 0.0907. The van der Waals surface area contributed by atoms with Gasteiger partial charge in [0.15, 0.2) is 10.9 Å². The number of nitrogens with one attached hydrogen (secondary N) is 1. The third-order valence-electron chi connectivity index (χ3n) is 3.31. The molecule has 3 rings (SSSR count). The van der Waals surface area contributed by atoms with Gasteiger partial charge in [-0.2, -0.15) is 0 Å². The van der Waals surface area contributed by atoms with Gasteiger partial charge in [-0.25, -0.2) is 4.98 Å². The summed E-state index contributed by atoms with van der Waals surface area (Å²) in [6.45, 7) is 2.58. The van der Waals surface area contributed by atoms with Crippen molar-refractivity contribution in [1.29, 1.82) is 0 Å². The first-order valence-electron chi connectivity index (χ1n) is 7.07. The Kier molecular flexibility index (Phi) is 4.20. The largest absolute Gasteiger partial charge is 0.494 e. The van der Waals surface area contributed by atoms with Crippen LogP contribution in [0.4, 0.5) is 0 Å². The van der Waals surface area contributed by atoms with Crippen LogP contribution in [-0.2, 0) is 7.05 Å². The molecule has 0 amide bonds. The molecule has 0 aliphatic carbocycles. The highest BCUT2D eigenvalue weighted by Crippen LogP contribution is 2.23. The molecule has 1 aromatic carbocycles. The van der Waals surface area contributed by atoms with E-state index < -0.39 is 0 Å². The van der Waals surface area contributed by atoms with Gasteiger partial charge in [0.1, 0.15) is 5.75 Å². The normalized spacial score (nSPS) is 11.0.